The number of para-hydroxylation sites is 1. The van der Waals surface area contributed by atoms with Gasteiger partial charge in [0.2, 0.25) is 5.91 Å². The summed E-state index contributed by atoms with van der Waals surface area (Å²) in [5, 5.41) is 2.44. The monoisotopic (exact) mass is 525 g/mol. The van der Waals surface area contributed by atoms with E-state index in [9.17, 15) is 22.8 Å². The maximum Gasteiger partial charge on any atom is 0.330 e. The Labute approximate surface area is 214 Å². The first-order chi connectivity index (χ1) is 17.6. The van der Waals surface area contributed by atoms with Crippen molar-refractivity contribution in [1.29, 1.82) is 0 Å². The molecule has 37 heavy (non-hydrogen) atoms. The highest BCUT2D eigenvalue weighted by Crippen LogP contribution is 2.20. The van der Waals surface area contributed by atoms with Gasteiger partial charge in [-0.15, -0.1) is 0 Å². The largest absolute Gasteiger partial charge is 0.497 e. The molecule has 5 N–H and O–H groups in total. The summed E-state index contributed by atoms with van der Waals surface area (Å²) in [5.41, 5.74) is 6.39. The minimum absolute atomic E-state index is 0.0773. The van der Waals surface area contributed by atoms with Crippen molar-refractivity contribution in [2.45, 2.75) is 12.5 Å². The number of hydrogen-bond acceptors (Lipinski definition) is 6. The number of benzene rings is 3. The number of carbonyl (C=O) groups is 3. The maximum absolute atomic E-state index is 13.3. The number of nitrogens with one attached hydrogen (secondary N) is 3. The zero-order valence-electron chi connectivity index (χ0n) is 20.2. The van der Waals surface area contributed by atoms with Crippen LogP contribution in [0, 0.1) is 0 Å². The van der Waals surface area contributed by atoms with Crippen molar-refractivity contribution in [3.63, 3.8) is 0 Å². The van der Waals surface area contributed by atoms with Gasteiger partial charge in [-0.2, -0.15) is 8.42 Å². The van der Waals surface area contributed by atoms with Crippen LogP contribution in [0.15, 0.2) is 78.9 Å². The molecule has 1 unspecified atom stereocenters. The third-order valence-corrected chi connectivity index (χ3v) is 6.28. The van der Waals surface area contributed by atoms with Crippen LogP contribution in [0.1, 0.15) is 15.9 Å². The van der Waals surface area contributed by atoms with E-state index in [1.54, 1.807) is 55.6 Å². The molecule has 4 amide bonds. The number of likely N-dealkylation sites (N-methyl/N-ethyl adjacent to an activating group) is 1. The van der Waals surface area contributed by atoms with Crippen LogP contribution in [0.4, 0.5) is 16.2 Å². The summed E-state index contributed by atoms with van der Waals surface area (Å²) in [6.07, 6.45) is 0.103. The third-order valence-electron chi connectivity index (χ3n) is 5.34. The van der Waals surface area contributed by atoms with Crippen molar-refractivity contribution in [1.82, 2.24) is 10.0 Å². The molecule has 11 nitrogen and oxygen atoms in total. The van der Waals surface area contributed by atoms with Gasteiger partial charge in [-0.1, -0.05) is 42.5 Å². The molecular formula is C25H27N5O6S. The Bertz CT molecular complexity index is 1360. The van der Waals surface area contributed by atoms with Gasteiger partial charge in [-0.05, 0) is 42.0 Å². The molecule has 0 saturated carbocycles. The molecule has 3 aromatic carbocycles. The number of ether oxygens (including phenoxy) is 1. The molecular weight excluding hydrogens is 498 g/mol. The van der Waals surface area contributed by atoms with Crippen LogP contribution >= 0.6 is 0 Å². The molecule has 0 aromatic heterocycles. The number of carbonyl (C=O) groups excluding carboxylic acids is 3. The second-order valence-corrected chi connectivity index (χ2v) is 9.34. The Hall–Kier alpha value is -4.58. The zero-order chi connectivity index (χ0) is 27.0. The van der Waals surface area contributed by atoms with E-state index in [1.807, 2.05) is 10.8 Å². The number of urea groups is 1. The fourth-order valence-corrected chi connectivity index (χ4v) is 4.31. The minimum Gasteiger partial charge on any atom is -0.497 e. The summed E-state index contributed by atoms with van der Waals surface area (Å²) in [6.45, 7) is 0. The molecule has 0 saturated heterocycles. The Morgan fingerprint density at radius 1 is 0.946 bits per heavy atom. The average molecular weight is 526 g/mol. The molecule has 0 aliphatic heterocycles. The van der Waals surface area contributed by atoms with Crippen LogP contribution in [0.2, 0.25) is 0 Å². The van der Waals surface area contributed by atoms with Crippen LogP contribution in [-0.4, -0.2) is 46.5 Å². The second kappa shape index (κ2) is 11.9. The molecule has 0 radical (unpaired) electrons. The fourth-order valence-electron chi connectivity index (χ4n) is 3.48. The van der Waals surface area contributed by atoms with E-state index in [1.165, 1.54) is 36.3 Å². The standard InChI is InChI=1S/C25H27N5O6S/c1-30(18-12-14-19(36-2)15-13-18)24(32)22(16-17-8-4-3-5-9-17)27-25(33)29-37(34,35)28-21-11-7-6-10-20(21)23(26)31/h3-15,22,28H,16H2,1-2H3,(H2,26,31)(H2,27,29,33). The van der Waals surface area contributed by atoms with Crippen molar-refractivity contribution < 1.29 is 27.5 Å². The number of hydrogen-bond donors (Lipinski definition) is 4. The van der Waals surface area contributed by atoms with Crippen LogP contribution in [0.3, 0.4) is 0 Å². The quantitative estimate of drug-likeness (QED) is 0.317. The summed E-state index contributed by atoms with van der Waals surface area (Å²) < 4.78 is 34.2. The number of methoxy groups -OCH3 is 1. The summed E-state index contributed by atoms with van der Waals surface area (Å²) in [5.74, 6) is -0.718. The van der Waals surface area contributed by atoms with E-state index < -0.39 is 34.1 Å². The minimum atomic E-state index is -4.47. The number of nitrogens with zero attached hydrogens (tertiary/aromatic N) is 1. The molecule has 0 bridgehead atoms. The lowest BCUT2D eigenvalue weighted by molar-refractivity contribution is -0.120. The maximum atomic E-state index is 13.3. The van der Waals surface area contributed by atoms with Crippen molar-refractivity contribution in [3.05, 3.63) is 90.0 Å². The van der Waals surface area contributed by atoms with E-state index in [4.69, 9.17) is 10.5 Å². The summed E-state index contributed by atoms with van der Waals surface area (Å²) in [6, 6.07) is 19.1. The Morgan fingerprint density at radius 3 is 2.19 bits per heavy atom. The highest BCUT2D eigenvalue weighted by molar-refractivity contribution is 7.91. The van der Waals surface area contributed by atoms with Crippen LogP contribution in [-0.2, 0) is 21.4 Å². The highest BCUT2D eigenvalue weighted by Gasteiger charge is 2.27. The predicted octanol–water partition coefficient (Wildman–Crippen LogP) is 2.02. The molecule has 12 heteroatoms. The third kappa shape index (κ3) is 7.45. The number of primary amides is 1. The van der Waals surface area contributed by atoms with Crippen LogP contribution in [0.25, 0.3) is 0 Å². The van der Waals surface area contributed by atoms with Gasteiger partial charge in [0, 0.05) is 19.2 Å². The first-order valence-corrected chi connectivity index (χ1v) is 12.5. The normalized spacial score (nSPS) is 11.6. The topological polar surface area (TPSA) is 160 Å². The van der Waals surface area contributed by atoms with Gasteiger partial charge in [0.1, 0.15) is 11.8 Å². The molecule has 0 aliphatic rings. The van der Waals surface area contributed by atoms with Crippen molar-refractivity contribution >= 4 is 39.4 Å². The van der Waals surface area contributed by atoms with Gasteiger partial charge in [-0.3, -0.25) is 14.3 Å². The zero-order valence-corrected chi connectivity index (χ0v) is 21.0. The van der Waals surface area contributed by atoms with Gasteiger partial charge in [0.15, 0.2) is 0 Å². The average Bonchev–Trinajstić information content (AvgIpc) is 2.87. The van der Waals surface area contributed by atoms with Crippen molar-refractivity contribution in [3.8, 4) is 5.75 Å². The van der Waals surface area contributed by atoms with Crippen LogP contribution < -0.4 is 30.1 Å². The molecule has 0 heterocycles. The van der Waals surface area contributed by atoms with Gasteiger partial charge >= 0.3 is 16.2 Å². The van der Waals surface area contributed by atoms with Crippen molar-refractivity contribution in [2.24, 2.45) is 5.73 Å². The predicted molar refractivity (Wildman–Crippen MR) is 140 cm³/mol. The lowest BCUT2D eigenvalue weighted by Crippen LogP contribution is -2.53. The first kappa shape index (κ1) is 27.0. The van der Waals surface area contributed by atoms with Gasteiger partial charge in [0.25, 0.3) is 5.91 Å². The molecule has 0 fully saturated rings. The van der Waals surface area contributed by atoms with E-state index in [0.717, 1.165) is 5.56 Å². The summed E-state index contributed by atoms with van der Waals surface area (Å²) in [7, 11) is -1.40. The Balaban J connectivity index is 1.78. The summed E-state index contributed by atoms with van der Waals surface area (Å²) in [4.78, 5) is 39.0. The molecule has 0 spiro atoms. The smallest absolute Gasteiger partial charge is 0.330 e. The summed E-state index contributed by atoms with van der Waals surface area (Å²) >= 11 is 0. The lowest BCUT2D eigenvalue weighted by atomic mass is 10.0. The molecule has 194 valence electrons. The Morgan fingerprint density at radius 2 is 1.57 bits per heavy atom. The number of anilines is 2. The number of rotatable bonds is 10. The second-order valence-electron chi connectivity index (χ2n) is 7.93. The van der Waals surface area contributed by atoms with Crippen LogP contribution in [0.5, 0.6) is 5.75 Å². The highest BCUT2D eigenvalue weighted by atomic mass is 32.2. The van der Waals surface area contributed by atoms with E-state index in [-0.39, 0.29) is 17.7 Å². The van der Waals surface area contributed by atoms with Crippen molar-refractivity contribution in [2.75, 3.05) is 23.8 Å². The molecule has 1 atom stereocenters. The lowest BCUT2D eigenvalue weighted by Gasteiger charge is -2.25. The Kier molecular flexibility index (Phi) is 8.69. The molecule has 3 rings (SSSR count). The number of amides is 4. The fraction of sp³-hybridized carbons (Fsp3) is 0.160. The van der Waals surface area contributed by atoms with E-state index >= 15 is 0 Å². The van der Waals surface area contributed by atoms with Gasteiger partial charge in [0.05, 0.1) is 18.4 Å². The van der Waals surface area contributed by atoms with Gasteiger partial charge < -0.3 is 20.7 Å². The molecule has 3 aromatic rings. The number of nitrogens with two attached hydrogens (primary N) is 1. The first-order valence-electron chi connectivity index (χ1n) is 11.0. The van der Waals surface area contributed by atoms with E-state index in [2.05, 4.69) is 10.0 Å². The molecule has 0 aliphatic carbocycles. The SMILES string of the molecule is COc1ccc(N(C)C(=O)C(Cc2ccccc2)NC(=O)NS(=O)(=O)Nc2ccccc2C(N)=O)cc1. The van der Waals surface area contributed by atoms with Gasteiger partial charge in [-0.25, -0.2) is 9.52 Å². The van der Waals surface area contributed by atoms with E-state index in [0.29, 0.717) is 11.4 Å².